The Balaban J connectivity index is 1.82. The lowest BCUT2D eigenvalue weighted by atomic mass is 10.2. The SMILES string of the molecule is C(=C\c1ccccc1)/Oc1ccncc2cnnc1-2. The second kappa shape index (κ2) is 5.27. The minimum Gasteiger partial charge on any atom is -0.463 e. The van der Waals surface area contributed by atoms with Crippen molar-refractivity contribution < 1.29 is 4.74 Å². The van der Waals surface area contributed by atoms with Gasteiger partial charge in [0.05, 0.1) is 12.5 Å². The normalized spacial score (nSPS) is 10.9. The van der Waals surface area contributed by atoms with Crippen molar-refractivity contribution in [2.45, 2.75) is 0 Å². The first-order chi connectivity index (χ1) is 9.43. The van der Waals surface area contributed by atoms with E-state index in [1.54, 1.807) is 30.9 Å². The Labute approximate surface area is 110 Å². The van der Waals surface area contributed by atoms with E-state index in [2.05, 4.69) is 15.2 Å². The molecule has 0 spiro atoms. The molecule has 4 nitrogen and oxygen atoms in total. The van der Waals surface area contributed by atoms with Gasteiger partial charge in [0.25, 0.3) is 0 Å². The van der Waals surface area contributed by atoms with E-state index in [1.165, 1.54) is 0 Å². The lowest BCUT2D eigenvalue weighted by Gasteiger charge is -1.99. The maximum Gasteiger partial charge on any atom is 0.156 e. The number of fused-ring (bicyclic) bond motifs is 1. The van der Waals surface area contributed by atoms with Crippen molar-refractivity contribution in [2.24, 2.45) is 0 Å². The maximum atomic E-state index is 5.62. The quantitative estimate of drug-likeness (QED) is 0.669. The van der Waals surface area contributed by atoms with Gasteiger partial charge >= 0.3 is 0 Å². The van der Waals surface area contributed by atoms with E-state index in [0.717, 1.165) is 11.1 Å². The Morgan fingerprint density at radius 3 is 2.79 bits per heavy atom. The van der Waals surface area contributed by atoms with Gasteiger partial charge in [-0.3, -0.25) is 4.98 Å². The van der Waals surface area contributed by atoms with E-state index in [1.807, 2.05) is 36.4 Å². The molecule has 0 radical (unpaired) electrons. The van der Waals surface area contributed by atoms with Crippen LogP contribution in [-0.2, 0) is 0 Å². The van der Waals surface area contributed by atoms with Crippen LogP contribution >= 0.6 is 0 Å². The van der Waals surface area contributed by atoms with Crippen LogP contribution in [0.3, 0.4) is 0 Å². The Morgan fingerprint density at radius 1 is 1.00 bits per heavy atom. The second-order valence-electron chi connectivity index (χ2n) is 3.94. The zero-order chi connectivity index (χ0) is 12.9. The van der Waals surface area contributed by atoms with Crippen molar-refractivity contribution in [2.75, 3.05) is 0 Å². The van der Waals surface area contributed by atoms with Crippen LogP contribution < -0.4 is 4.74 Å². The molecule has 0 saturated carbocycles. The molecule has 1 aromatic carbocycles. The molecule has 2 aliphatic heterocycles. The zero-order valence-electron chi connectivity index (χ0n) is 10.1. The summed E-state index contributed by atoms with van der Waals surface area (Å²) in [6.07, 6.45) is 8.58. The molecule has 2 heterocycles. The molecule has 3 rings (SSSR count). The number of rotatable bonds is 3. The van der Waals surface area contributed by atoms with E-state index >= 15 is 0 Å². The van der Waals surface area contributed by atoms with Crippen molar-refractivity contribution in [1.29, 1.82) is 0 Å². The third-order valence-corrected chi connectivity index (χ3v) is 2.64. The summed E-state index contributed by atoms with van der Waals surface area (Å²) in [5.74, 6) is 0.636. The number of hydrogen-bond donors (Lipinski definition) is 0. The van der Waals surface area contributed by atoms with Crippen molar-refractivity contribution in [3.63, 3.8) is 0 Å². The van der Waals surface area contributed by atoms with Crippen LogP contribution in [0.25, 0.3) is 17.3 Å². The number of nitrogens with zero attached hydrogens (tertiary/aromatic N) is 3. The zero-order valence-corrected chi connectivity index (χ0v) is 10.1. The number of ether oxygens (including phenoxy) is 1. The fraction of sp³-hybridized carbons (Fsp3) is 0. The molecule has 0 bridgehead atoms. The van der Waals surface area contributed by atoms with Crippen molar-refractivity contribution in [3.8, 4) is 17.0 Å². The van der Waals surface area contributed by atoms with Crippen molar-refractivity contribution in [3.05, 3.63) is 66.8 Å². The first kappa shape index (κ1) is 11.3. The lowest BCUT2D eigenvalue weighted by molar-refractivity contribution is 0.485. The van der Waals surface area contributed by atoms with Gasteiger partial charge in [0.1, 0.15) is 5.69 Å². The molecule has 4 heteroatoms. The van der Waals surface area contributed by atoms with Crippen LogP contribution in [0.1, 0.15) is 5.56 Å². The number of benzene rings is 1. The van der Waals surface area contributed by atoms with Gasteiger partial charge in [-0.15, -0.1) is 5.10 Å². The molecule has 2 aliphatic rings. The summed E-state index contributed by atoms with van der Waals surface area (Å²) >= 11 is 0. The van der Waals surface area contributed by atoms with Gasteiger partial charge in [-0.05, 0) is 11.6 Å². The lowest BCUT2D eigenvalue weighted by Crippen LogP contribution is -1.84. The van der Waals surface area contributed by atoms with Gasteiger partial charge in [0, 0.05) is 24.0 Å². The smallest absolute Gasteiger partial charge is 0.156 e. The molecule has 92 valence electrons. The average molecular weight is 249 g/mol. The maximum absolute atomic E-state index is 5.62. The molecule has 19 heavy (non-hydrogen) atoms. The largest absolute Gasteiger partial charge is 0.463 e. The molecule has 0 aliphatic carbocycles. The van der Waals surface area contributed by atoms with Crippen molar-refractivity contribution >= 4 is 6.08 Å². The van der Waals surface area contributed by atoms with Gasteiger partial charge in [0.15, 0.2) is 5.75 Å². The highest BCUT2D eigenvalue weighted by Crippen LogP contribution is 2.26. The van der Waals surface area contributed by atoms with E-state index < -0.39 is 0 Å². The predicted molar refractivity (Wildman–Crippen MR) is 72.6 cm³/mol. The van der Waals surface area contributed by atoms with Crippen LogP contribution in [0.4, 0.5) is 0 Å². The molecule has 0 N–H and O–H groups in total. The predicted octanol–water partition coefficient (Wildman–Crippen LogP) is 3.03. The van der Waals surface area contributed by atoms with Gasteiger partial charge in [-0.25, -0.2) is 0 Å². The van der Waals surface area contributed by atoms with Crippen LogP contribution in [0.5, 0.6) is 5.75 Å². The summed E-state index contributed by atoms with van der Waals surface area (Å²) in [5.41, 5.74) is 2.63. The van der Waals surface area contributed by atoms with Gasteiger partial charge in [-0.2, -0.15) is 5.10 Å². The molecular formula is C15H11N3O. The highest BCUT2D eigenvalue weighted by atomic mass is 16.5. The first-order valence-electron chi connectivity index (χ1n) is 5.87. The summed E-state index contributed by atoms with van der Waals surface area (Å²) in [4.78, 5) is 4.09. The molecule has 0 aromatic heterocycles. The third kappa shape index (κ3) is 2.57. The monoisotopic (exact) mass is 249 g/mol. The number of hydrogen-bond acceptors (Lipinski definition) is 4. The molecular weight excluding hydrogens is 238 g/mol. The van der Waals surface area contributed by atoms with E-state index in [9.17, 15) is 0 Å². The Bertz CT molecular complexity index is 667. The van der Waals surface area contributed by atoms with Gasteiger partial charge in [-0.1, -0.05) is 30.3 Å². The first-order valence-corrected chi connectivity index (χ1v) is 5.87. The Kier molecular flexibility index (Phi) is 3.14. The molecule has 0 unspecified atom stereocenters. The summed E-state index contributed by atoms with van der Waals surface area (Å²) in [7, 11) is 0. The highest BCUT2D eigenvalue weighted by Gasteiger charge is 2.09. The molecule has 0 fully saturated rings. The number of aromatic nitrogens is 3. The van der Waals surface area contributed by atoms with E-state index in [4.69, 9.17) is 4.74 Å². The minimum atomic E-state index is 0.636. The van der Waals surface area contributed by atoms with Crippen LogP contribution in [0.15, 0.2) is 61.3 Å². The second-order valence-corrected chi connectivity index (χ2v) is 3.94. The fourth-order valence-electron chi connectivity index (χ4n) is 1.71. The van der Waals surface area contributed by atoms with Gasteiger partial charge < -0.3 is 4.74 Å². The standard InChI is InChI=1S/C15H11N3O/c1-2-4-12(5-3-1)7-9-19-14-6-8-16-10-13-11-17-18-15(13)14/h1-11H/b9-7+. The van der Waals surface area contributed by atoms with Crippen molar-refractivity contribution in [1.82, 2.24) is 15.2 Å². The molecule has 0 saturated heterocycles. The van der Waals surface area contributed by atoms with Crippen LogP contribution in [0.2, 0.25) is 0 Å². The average Bonchev–Trinajstić information content (AvgIpc) is 2.83. The fourth-order valence-corrected chi connectivity index (χ4v) is 1.71. The van der Waals surface area contributed by atoms with E-state index in [-0.39, 0.29) is 0 Å². The van der Waals surface area contributed by atoms with Gasteiger partial charge in [0.2, 0.25) is 0 Å². The summed E-state index contributed by atoms with van der Waals surface area (Å²) in [5, 5.41) is 7.90. The van der Waals surface area contributed by atoms with E-state index in [0.29, 0.717) is 11.4 Å². The minimum absolute atomic E-state index is 0.636. The third-order valence-electron chi connectivity index (χ3n) is 2.64. The summed E-state index contributed by atoms with van der Waals surface area (Å²) < 4.78 is 5.62. The summed E-state index contributed by atoms with van der Waals surface area (Å²) in [6, 6.07) is 11.7. The molecule has 0 amide bonds. The van der Waals surface area contributed by atoms with Crippen LogP contribution in [-0.4, -0.2) is 15.2 Å². The molecule has 1 aromatic rings. The van der Waals surface area contributed by atoms with Crippen LogP contribution in [0, 0.1) is 0 Å². The topological polar surface area (TPSA) is 47.9 Å². The molecule has 0 atom stereocenters. The Morgan fingerprint density at radius 2 is 1.89 bits per heavy atom. The summed E-state index contributed by atoms with van der Waals surface area (Å²) in [6.45, 7) is 0. The Hall–Kier alpha value is -2.75. The highest BCUT2D eigenvalue weighted by molar-refractivity contribution is 5.65.